The highest BCUT2D eigenvalue weighted by atomic mass is 16.5. The molecule has 0 rings (SSSR count). The van der Waals surface area contributed by atoms with Crippen LogP contribution in [-0.4, -0.2) is 39.4 Å². The Labute approximate surface area is 101 Å². The molecule has 0 spiro atoms. The lowest BCUT2D eigenvalue weighted by Gasteiger charge is -1.99. The summed E-state index contributed by atoms with van der Waals surface area (Å²) in [6.07, 6.45) is 4.91. The summed E-state index contributed by atoms with van der Waals surface area (Å²) in [5.41, 5.74) is 10.3. The molecule has 0 saturated carbocycles. The standard InChI is InChI=1S/C8H18O.C4H13N3/c1-3-5-7-9-8-6-4-2;5-1-3-7-4-2-6/h3-8H2,1-2H3;7H,1-6H2. The van der Waals surface area contributed by atoms with E-state index in [0.717, 1.165) is 26.3 Å². The third kappa shape index (κ3) is 23.6. The van der Waals surface area contributed by atoms with Gasteiger partial charge >= 0.3 is 0 Å². The van der Waals surface area contributed by atoms with E-state index in [2.05, 4.69) is 19.2 Å². The predicted octanol–water partition coefficient (Wildman–Crippen LogP) is 1.10. The average Bonchev–Trinajstić information content (AvgIpc) is 2.31. The van der Waals surface area contributed by atoms with Crippen LogP contribution >= 0.6 is 0 Å². The first kappa shape index (κ1) is 18.2. The van der Waals surface area contributed by atoms with Crippen molar-refractivity contribution < 1.29 is 4.74 Å². The summed E-state index contributed by atoms with van der Waals surface area (Å²) >= 11 is 0. The van der Waals surface area contributed by atoms with Crippen LogP contribution in [0.4, 0.5) is 0 Å². The fourth-order valence-corrected chi connectivity index (χ4v) is 0.924. The number of ether oxygens (including phenoxy) is 1. The minimum Gasteiger partial charge on any atom is -0.381 e. The van der Waals surface area contributed by atoms with Crippen molar-refractivity contribution in [3.63, 3.8) is 0 Å². The van der Waals surface area contributed by atoms with Gasteiger partial charge in [-0.15, -0.1) is 0 Å². The Kier molecular flexibility index (Phi) is 23.1. The van der Waals surface area contributed by atoms with Crippen LogP contribution in [0.3, 0.4) is 0 Å². The van der Waals surface area contributed by atoms with Gasteiger partial charge in [0.25, 0.3) is 0 Å². The van der Waals surface area contributed by atoms with Gasteiger partial charge in [0, 0.05) is 39.4 Å². The van der Waals surface area contributed by atoms with Crippen LogP contribution in [0.25, 0.3) is 0 Å². The summed E-state index contributed by atoms with van der Waals surface area (Å²) in [5, 5.41) is 3.03. The molecule has 0 radical (unpaired) electrons. The summed E-state index contributed by atoms with van der Waals surface area (Å²) in [7, 11) is 0. The van der Waals surface area contributed by atoms with Crippen molar-refractivity contribution in [2.45, 2.75) is 39.5 Å². The summed E-state index contributed by atoms with van der Waals surface area (Å²) in [4.78, 5) is 0. The van der Waals surface area contributed by atoms with Crippen molar-refractivity contribution in [3.8, 4) is 0 Å². The van der Waals surface area contributed by atoms with Gasteiger partial charge in [0.15, 0.2) is 0 Å². The number of hydrogen-bond donors (Lipinski definition) is 3. The highest BCUT2D eigenvalue weighted by molar-refractivity contribution is 4.45. The van der Waals surface area contributed by atoms with Crippen molar-refractivity contribution in [1.29, 1.82) is 0 Å². The van der Waals surface area contributed by atoms with Crippen LogP contribution in [0.2, 0.25) is 0 Å². The molecule has 100 valence electrons. The zero-order chi connectivity index (χ0) is 12.5. The van der Waals surface area contributed by atoms with Gasteiger partial charge in [-0.25, -0.2) is 0 Å². The molecule has 0 aliphatic rings. The number of hydrogen-bond acceptors (Lipinski definition) is 4. The Hall–Kier alpha value is -0.160. The third-order valence-electron chi connectivity index (χ3n) is 1.93. The molecule has 0 fully saturated rings. The molecule has 0 saturated heterocycles. The lowest BCUT2D eigenvalue weighted by Crippen LogP contribution is -2.27. The topological polar surface area (TPSA) is 73.3 Å². The first-order valence-corrected chi connectivity index (χ1v) is 6.52. The smallest absolute Gasteiger partial charge is 0.0465 e. The summed E-state index contributed by atoms with van der Waals surface area (Å²) in [5.74, 6) is 0. The predicted molar refractivity (Wildman–Crippen MR) is 71.6 cm³/mol. The van der Waals surface area contributed by atoms with Crippen LogP contribution in [0.15, 0.2) is 0 Å². The molecule has 0 bridgehead atoms. The van der Waals surface area contributed by atoms with Gasteiger partial charge in [-0.05, 0) is 12.8 Å². The van der Waals surface area contributed by atoms with Crippen molar-refractivity contribution in [3.05, 3.63) is 0 Å². The van der Waals surface area contributed by atoms with E-state index in [0.29, 0.717) is 13.1 Å². The second-order valence-electron chi connectivity index (χ2n) is 3.65. The minimum atomic E-state index is 0.694. The molecular formula is C12H31N3O. The fourth-order valence-electron chi connectivity index (χ4n) is 0.924. The molecule has 16 heavy (non-hydrogen) atoms. The third-order valence-corrected chi connectivity index (χ3v) is 1.93. The van der Waals surface area contributed by atoms with Gasteiger partial charge in [0.05, 0.1) is 0 Å². The molecule has 4 heteroatoms. The minimum absolute atomic E-state index is 0.694. The number of nitrogens with two attached hydrogens (primary N) is 2. The molecule has 0 aromatic heterocycles. The van der Waals surface area contributed by atoms with Crippen LogP contribution in [0.5, 0.6) is 0 Å². The van der Waals surface area contributed by atoms with Crippen LogP contribution < -0.4 is 16.8 Å². The maximum absolute atomic E-state index is 5.31. The quantitative estimate of drug-likeness (QED) is 0.494. The highest BCUT2D eigenvalue weighted by Crippen LogP contribution is 1.91. The summed E-state index contributed by atoms with van der Waals surface area (Å²) in [6.45, 7) is 9.41. The molecule has 0 aliphatic carbocycles. The van der Waals surface area contributed by atoms with Crippen molar-refractivity contribution >= 4 is 0 Å². The highest BCUT2D eigenvalue weighted by Gasteiger charge is 1.84. The largest absolute Gasteiger partial charge is 0.381 e. The van der Waals surface area contributed by atoms with E-state index in [9.17, 15) is 0 Å². The van der Waals surface area contributed by atoms with Gasteiger partial charge in [0.2, 0.25) is 0 Å². The molecule has 4 nitrogen and oxygen atoms in total. The Balaban J connectivity index is 0. The molecule has 0 heterocycles. The van der Waals surface area contributed by atoms with Crippen LogP contribution in [0.1, 0.15) is 39.5 Å². The number of rotatable bonds is 10. The van der Waals surface area contributed by atoms with Crippen molar-refractivity contribution in [2.75, 3.05) is 39.4 Å². The lowest BCUT2D eigenvalue weighted by atomic mass is 10.3. The molecular weight excluding hydrogens is 202 g/mol. The van der Waals surface area contributed by atoms with E-state index in [1.54, 1.807) is 0 Å². The monoisotopic (exact) mass is 233 g/mol. The first-order chi connectivity index (χ1) is 7.83. The van der Waals surface area contributed by atoms with Crippen LogP contribution in [-0.2, 0) is 4.74 Å². The molecule has 0 aromatic carbocycles. The van der Waals surface area contributed by atoms with Gasteiger partial charge in [0.1, 0.15) is 0 Å². The Morgan fingerprint density at radius 1 is 0.875 bits per heavy atom. The van der Waals surface area contributed by atoms with Crippen LogP contribution in [0, 0.1) is 0 Å². The Morgan fingerprint density at radius 2 is 1.31 bits per heavy atom. The van der Waals surface area contributed by atoms with E-state index in [-0.39, 0.29) is 0 Å². The molecule has 0 aliphatic heterocycles. The molecule has 5 N–H and O–H groups in total. The number of unbranched alkanes of at least 4 members (excludes halogenated alkanes) is 2. The zero-order valence-electron chi connectivity index (χ0n) is 11.1. The molecule has 0 amide bonds. The van der Waals surface area contributed by atoms with E-state index >= 15 is 0 Å². The van der Waals surface area contributed by atoms with E-state index in [4.69, 9.17) is 16.2 Å². The van der Waals surface area contributed by atoms with Crippen molar-refractivity contribution in [2.24, 2.45) is 11.5 Å². The van der Waals surface area contributed by atoms with Gasteiger partial charge in [-0.2, -0.15) is 0 Å². The lowest BCUT2D eigenvalue weighted by molar-refractivity contribution is 0.128. The van der Waals surface area contributed by atoms with E-state index < -0.39 is 0 Å². The van der Waals surface area contributed by atoms with Crippen molar-refractivity contribution in [1.82, 2.24) is 5.32 Å². The SMILES string of the molecule is CCCCOCCCC.NCCNCCN. The molecule has 0 aromatic rings. The molecule has 0 unspecified atom stereocenters. The van der Waals surface area contributed by atoms with Gasteiger partial charge < -0.3 is 21.5 Å². The Morgan fingerprint density at radius 3 is 1.62 bits per heavy atom. The maximum Gasteiger partial charge on any atom is 0.0465 e. The van der Waals surface area contributed by atoms with E-state index in [1.807, 2.05) is 0 Å². The fraction of sp³-hybridized carbons (Fsp3) is 1.00. The molecule has 0 atom stereocenters. The number of nitrogens with one attached hydrogen (secondary N) is 1. The first-order valence-electron chi connectivity index (χ1n) is 6.52. The zero-order valence-corrected chi connectivity index (χ0v) is 11.1. The maximum atomic E-state index is 5.31. The van der Waals surface area contributed by atoms with Gasteiger partial charge in [-0.1, -0.05) is 26.7 Å². The van der Waals surface area contributed by atoms with Gasteiger partial charge in [-0.3, -0.25) is 0 Å². The summed E-state index contributed by atoms with van der Waals surface area (Å²) in [6, 6.07) is 0. The second kappa shape index (κ2) is 20.3. The second-order valence-corrected chi connectivity index (χ2v) is 3.65. The average molecular weight is 233 g/mol. The van der Waals surface area contributed by atoms with E-state index in [1.165, 1.54) is 25.7 Å². The normalized spacial score (nSPS) is 9.75. The summed E-state index contributed by atoms with van der Waals surface area (Å²) < 4.78 is 5.31. The Bertz CT molecular complexity index is 92.3.